The van der Waals surface area contributed by atoms with Gasteiger partial charge in [-0.1, -0.05) is 24.3 Å². The average molecular weight is 274 g/mol. The van der Waals surface area contributed by atoms with Crippen LogP contribution in [0.5, 0.6) is 0 Å². The van der Waals surface area contributed by atoms with Gasteiger partial charge >= 0.3 is 0 Å². The topological polar surface area (TPSA) is 75.4 Å². The van der Waals surface area contributed by atoms with Gasteiger partial charge in [0.2, 0.25) is 5.89 Å². The molecule has 0 radical (unpaired) electrons. The Balaban J connectivity index is 2.13. The van der Waals surface area contributed by atoms with Gasteiger partial charge in [0.15, 0.2) is 5.58 Å². The van der Waals surface area contributed by atoms with Gasteiger partial charge in [-0.25, -0.2) is 9.19 Å². The van der Waals surface area contributed by atoms with E-state index in [1.54, 1.807) is 18.2 Å². The second kappa shape index (κ2) is 4.83. The molecule has 1 atom stereocenters. The number of hydrogen-bond donors (Lipinski definition) is 2. The predicted octanol–water partition coefficient (Wildman–Crippen LogP) is 3.04. The molecule has 0 aliphatic carbocycles. The zero-order valence-electron chi connectivity index (χ0n) is 9.74. The fourth-order valence-electron chi connectivity index (χ4n) is 1.83. The van der Waals surface area contributed by atoms with Crippen LogP contribution in [0, 0.1) is 0 Å². The molecule has 6 heteroatoms. The summed E-state index contributed by atoms with van der Waals surface area (Å²) in [7, 11) is 0. The van der Waals surface area contributed by atoms with Gasteiger partial charge in [-0.2, -0.15) is 0 Å². The Morgan fingerprint density at radius 1 is 1.11 bits per heavy atom. The van der Waals surface area contributed by atoms with Crippen molar-refractivity contribution in [3.8, 4) is 11.5 Å². The van der Waals surface area contributed by atoms with Crippen LogP contribution in [0.1, 0.15) is 0 Å². The van der Waals surface area contributed by atoms with Crippen molar-refractivity contribution in [1.82, 2.24) is 4.98 Å². The molecule has 2 aromatic carbocycles. The minimum atomic E-state index is -2.15. The Kier molecular flexibility index (Phi) is 3.02. The van der Waals surface area contributed by atoms with Gasteiger partial charge in [0.1, 0.15) is 5.52 Å². The molecule has 96 valence electrons. The molecule has 1 unspecified atom stereocenters. The van der Waals surface area contributed by atoms with E-state index in [1.165, 1.54) is 0 Å². The zero-order chi connectivity index (χ0) is 13.2. The molecule has 3 aromatic rings. The third-order valence-electron chi connectivity index (χ3n) is 2.63. The first kappa shape index (κ1) is 11.9. The zero-order valence-corrected chi connectivity index (χ0v) is 10.6. The fourth-order valence-corrected chi connectivity index (χ4v) is 2.18. The van der Waals surface area contributed by atoms with E-state index in [0.717, 1.165) is 5.56 Å². The summed E-state index contributed by atoms with van der Waals surface area (Å²) in [4.78, 5) is 4.36. The third kappa shape index (κ3) is 2.35. The number of hydrogen-bond acceptors (Lipinski definition) is 3. The minimum Gasteiger partial charge on any atom is -0.434 e. The van der Waals surface area contributed by atoms with Crippen molar-refractivity contribution in [2.24, 2.45) is 0 Å². The van der Waals surface area contributed by atoms with Crippen molar-refractivity contribution < 1.29 is 13.2 Å². The Bertz CT molecular complexity index is 740. The summed E-state index contributed by atoms with van der Waals surface area (Å²) < 4.78 is 27.8. The normalized spacial score (nSPS) is 12.5. The van der Waals surface area contributed by atoms with Crippen molar-refractivity contribution in [1.29, 1.82) is 0 Å². The maximum Gasteiger partial charge on any atom is 0.259 e. The molecule has 3 rings (SSSR count). The van der Waals surface area contributed by atoms with E-state index in [4.69, 9.17) is 8.97 Å². The number of nitrogens with zero attached hydrogens (tertiary/aromatic N) is 1. The standard InChI is InChI=1S/C13H10N2O3S/c16-19(17)15-11-8-4-7-10-12(11)18-13(14-10)9-5-2-1-3-6-9/h1-8,15H,(H,16,17). The Morgan fingerprint density at radius 3 is 2.63 bits per heavy atom. The number of para-hydroxylation sites is 1. The minimum absolute atomic E-state index is 0.438. The summed E-state index contributed by atoms with van der Waals surface area (Å²) in [5, 5.41) is 0. The highest BCUT2D eigenvalue weighted by Gasteiger charge is 2.11. The van der Waals surface area contributed by atoms with E-state index in [2.05, 4.69) is 9.71 Å². The second-order valence-electron chi connectivity index (χ2n) is 3.89. The number of oxazole rings is 1. The van der Waals surface area contributed by atoms with E-state index in [1.807, 2.05) is 30.3 Å². The number of aromatic nitrogens is 1. The number of fused-ring (bicyclic) bond motifs is 1. The van der Waals surface area contributed by atoms with Gasteiger partial charge in [-0.3, -0.25) is 9.27 Å². The van der Waals surface area contributed by atoms with Crippen LogP contribution in [-0.4, -0.2) is 13.7 Å². The molecule has 2 N–H and O–H groups in total. The van der Waals surface area contributed by atoms with Crippen LogP contribution in [0.3, 0.4) is 0 Å². The van der Waals surface area contributed by atoms with Crippen molar-refractivity contribution in [3.63, 3.8) is 0 Å². The molecular weight excluding hydrogens is 264 g/mol. The highest BCUT2D eigenvalue weighted by Crippen LogP contribution is 2.29. The molecule has 0 saturated heterocycles. The summed E-state index contributed by atoms with van der Waals surface area (Å²) in [5.74, 6) is 0.480. The molecular formula is C13H10N2O3S. The quantitative estimate of drug-likeness (QED) is 0.720. The molecule has 1 heterocycles. The van der Waals surface area contributed by atoms with Crippen LogP contribution in [0.2, 0.25) is 0 Å². The molecule has 0 aliphatic heterocycles. The molecule has 0 amide bonds. The third-order valence-corrected chi connectivity index (χ3v) is 3.03. The molecule has 19 heavy (non-hydrogen) atoms. The van der Waals surface area contributed by atoms with Gasteiger partial charge < -0.3 is 4.42 Å². The lowest BCUT2D eigenvalue weighted by Gasteiger charge is -1.99. The van der Waals surface area contributed by atoms with E-state index in [9.17, 15) is 4.21 Å². The number of anilines is 1. The molecule has 0 spiro atoms. The van der Waals surface area contributed by atoms with Gasteiger partial charge in [-0.05, 0) is 24.3 Å². The highest BCUT2D eigenvalue weighted by atomic mass is 32.2. The lowest BCUT2D eigenvalue weighted by Crippen LogP contribution is -2.01. The number of nitrogens with one attached hydrogen (secondary N) is 1. The monoisotopic (exact) mass is 274 g/mol. The Morgan fingerprint density at radius 2 is 1.89 bits per heavy atom. The highest BCUT2D eigenvalue weighted by molar-refractivity contribution is 7.80. The first-order valence-corrected chi connectivity index (χ1v) is 6.67. The summed E-state index contributed by atoms with van der Waals surface area (Å²) in [6, 6.07) is 14.7. The summed E-state index contributed by atoms with van der Waals surface area (Å²) in [5.41, 5.74) is 2.39. The van der Waals surface area contributed by atoms with E-state index in [0.29, 0.717) is 22.7 Å². The maximum absolute atomic E-state index is 10.8. The lowest BCUT2D eigenvalue weighted by molar-refractivity contribution is 0.569. The Labute approximate surface area is 111 Å². The van der Waals surface area contributed by atoms with Gasteiger partial charge in [-0.15, -0.1) is 0 Å². The number of benzene rings is 2. The van der Waals surface area contributed by atoms with E-state index >= 15 is 0 Å². The largest absolute Gasteiger partial charge is 0.434 e. The molecule has 0 aliphatic rings. The van der Waals surface area contributed by atoms with E-state index < -0.39 is 11.3 Å². The molecule has 0 saturated carbocycles. The van der Waals surface area contributed by atoms with Crippen LogP contribution in [0.4, 0.5) is 5.69 Å². The van der Waals surface area contributed by atoms with E-state index in [-0.39, 0.29) is 0 Å². The second-order valence-corrected chi connectivity index (χ2v) is 4.59. The lowest BCUT2D eigenvalue weighted by atomic mass is 10.2. The summed E-state index contributed by atoms with van der Waals surface area (Å²) in [6.07, 6.45) is 0. The molecule has 5 nitrogen and oxygen atoms in total. The summed E-state index contributed by atoms with van der Waals surface area (Å²) >= 11 is -2.15. The van der Waals surface area contributed by atoms with Gasteiger partial charge in [0.25, 0.3) is 11.3 Å². The van der Waals surface area contributed by atoms with Crippen molar-refractivity contribution >= 4 is 28.1 Å². The predicted molar refractivity (Wildman–Crippen MR) is 73.8 cm³/mol. The van der Waals surface area contributed by atoms with Crippen LogP contribution in [-0.2, 0) is 11.3 Å². The average Bonchev–Trinajstić information content (AvgIpc) is 2.84. The molecule has 0 bridgehead atoms. The SMILES string of the molecule is O=S(O)Nc1cccc2nc(-c3ccccc3)oc12. The maximum atomic E-state index is 10.8. The van der Waals surface area contributed by atoms with Crippen molar-refractivity contribution in [3.05, 3.63) is 48.5 Å². The first-order chi connectivity index (χ1) is 9.24. The fraction of sp³-hybridized carbons (Fsp3) is 0. The van der Waals surface area contributed by atoms with Crippen molar-refractivity contribution in [2.45, 2.75) is 0 Å². The molecule has 0 fully saturated rings. The Hall–Kier alpha value is -2.18. The van der Waals surface area contributed by atoms with Crippen molar-refractivity contribution in [2.75, 3.05) is 4.72 Å². The summed E-state index contributed by atoms with van der Waals surface area (Å²) in [6.45, 7) is 0. The number of rotatable bonds is 3. The van der Waals surface area contributed by atoms with Crippen LogP contribution < -0.4 is 4.72 Å². The van der Waals surface area contributed by atoms with Gasteiger partial charge in [0.05, 0.1) is 5.69 Å². The smallest absolute Gasteiger partial charge is 0.259 e. The van der Waals surface area contributed by atoms with Crippen LogP contribution >= 0.6 is 0 Å². The van der Waals surface area contributed by atoms with Crippen LogP contribution in [0.25, 0.3) is 22.6 Å². The first-order valence-electron chi connectivity index (χ1n) is 5.56. The van der Waals surface area contributed by atoms with Gasteiger partial charge in [0, 0.05) is 5.56 Å². The van der Waals surface area contributed by atoms with Crippen LogP contribution in [0.15, 0.2) is 52.9 Å². The molecule has 1 aromatic heterocycles.